The van der Waals surface area contributed by atoms with E-state index in [0.29, 0.717) is 26.9 Å². The predicted octanol–water partition coefficient (Wildman–Crippen LogP) is 4.01. The maximum atomic E-state index is 10.6. The Balaban J connectivity index is 1.98. The molecule has 2 aromatic carbocycles. The first-order valence-corrected chi connectivity index (χ1v) is 7.35. The molecule has 0 bridgehead atoms. The van der Waals surface area contributed by atoms with Crippen LogP contribution in [0.25, 0.3) is 0 Å². The molecule has 0 radical (unpaired) electrons. The predicted molar refractivity (Wildman–Crippen MR) is 88.4 cm³/mol. The van der Waals surface area contributed by atoms with E-state index in [4.69, 9.17) is 37.9 Å². The van der Waals surface area contributed by atoms with Crippen molar-refractivity contribution in [1.82, 2.24) is 0 Å². The first-order chi connectivity index (χ1) is 11.1. The Labute approximate surface area is 143 Å². The Kier molecular flexibility index (Phi) is 6.26. The molecule has 0 saturated carbocycles. The molecule has 1 N–H and O–H groups in total. The molecule has 0 saturated heterocycles. The van der Waals surface area contributed by atoms with Crippen LogP contribution in [-0.2, 0) is 16.2 Å². The molecule has 0 heterocycles. The zero-order chi connectivity index (χ0) is 16.7. The molecular formula is C16H13Cl2NO4. The molecule has 0 aliphatic carbocycles. The fourth-order valence-corrected chi connectivity index (χ4v) is 2.08. The quantitative estimate of drug-likeness (QED) is 0.603. The van der Waals surface area contributed by atoms with Gasteiger partial charge in [-0.1, -0.05) is 40.5 Å². The van der Waals surface area contributed by atoms with Crippen LogP contribution in [0, 0.1) is 0 Å². The number of carboxylic acid groups (broad SMARTS) is 1. The number of rotatable bonds is 7. The number of halogens is 2. The van der Waals surface area contributed by atoms with E-state index in [1.807, 2.05) is 0 Å². The van der Waals surface area contributed by atoms with Crippen molar-refractivity contribution >= 4 is 35.4 Å². The summed E-state index contributed by atoms with van der Waals surface area (Å²) in [6.07, 6.45) is 1.44. The fraction of sp³-hybridized carbons (Fsp3) is 0.125. The minimum atomic E-state index is -1.05. The number of nitrogens with zero attached hydrogens (tertiary/aromatic N) is 1. The summed E-state index contributed by atoms with van der Waals surface area (Å²) in [5, 5.41) is 13.6. The number of carbonyl (C=O) groups is 1. The number of ether oxygens (including phenoxy) is 1. The highest BCUT2D eigenvalue weighted by Gasteiger charge is 2.04. The van der Waals surface area contributed by atoms with E-state index in [1.165, 1.54) is 6.21 Å². The Morgan fingerprint density at radius 1 is 1.22 bits per heavy atom. The molecule has 7 heteroatoms. The van der Waals surface area contributed by atoms with Crippen molar-refractivity contribution in [3.8, 4) is 5.75 Å². The number of hydrogen-bond donors (Lipinski definition) is 1. The van der Waals surface area contributed by atoms with E-state index in [0.717, 1.165) is 0 Å². The highest BCUT2D eigenvalue weighted by Crippen LogP contribution is 2.21. The van der Waals surface area contributed by atoms with Crippen LogP contribution in [0.2, 0.25) is 10.0 Å². The second kappa shape index (κ2) is 8.41. The molecule has 0 fully saturated rings. The highest BCUT2D eigenvalue weighted by molar-refractivity contribution is 6.33. The summed E-state index contributed by atoms with van der Waals surface area (Å²) in [5.41, 5.74) is 1.32. The van der Waals surface area contributed by atoms with Gasteiger partial charge in [0, 0.05) is 21.2 Å². The second-order valence-electron chi connectivity index (χ2n) is 4.46. The highest BCUT2D eigenvalue weighted by atomic mass is 35.5. The molecule has 5 nitrogen and oxygen atoms in total. The Morgan fingerprint density at radius 3 is 2.78 bits per heavy atom. The normalized spacial score (nSPS) is 10.7. The number of hydrogen-bond acceptors (Lipinski definition) is 4. The SMILES string of the molecule is O=C(O)COc1ccccc1/C=N/OCc1cc(Cl)ccc1Cl. The lowest BCUT2D eigenvalue weighted by Gasteiger charge is -2.06. The number of benzene rings is 2. The van der Waals surface area contributed by atoms with Crippen LogP contribution in [0.1, 0.15) is 11.1 Å². The molecule has 0 spiro atoms. The second-order valence-corrected chi connectivity index (χ2v) is 5.31. The molecule has 23 heavy (non-hydrogen) atoms. The third-order valence-electron chi connectivity index (χ3n) is 2.76. The monoisotopic (exact) mass is 353 g/mol. The molecule has 0 aliphatic heterocycles. The van der Waals surface area contributed by atoms with E-state index in [1.54, 1.807) is 42.5 Å². The molecule has 0 aromatic heterocycles. The molecule has 2 aromatic rings. The van der Waals surface area contributed by atoms with Crippen molar-refractivity contribution in [2.45, 2.75) is 6.61 Å². The van der Waals surface area contributed by atoms with Crippen LogP contribution in [0.3, 0.4) is 0 Å². The van der Waals surface area contributed by atoms with Crippen molar-refractivity contribution in [2.75, 3.05) is 6.61 Å². The Bertz CT molecular complexity index is 719. The maximum Gasteiger partial charge on any atom is 0.341 e. The Hall–Kier alpha value is -2.24. The number of aliphatic carboxylic acids is 1. The maximum absolute atomic E-state index is 10.6. The van der Waals surface area contributed by atoms with Crippen molar-refractivity contribution in [1.29, 1.82) is 0 Å². The van der Waals surface area contributed by atoms with E-state index in [9.17, 15) is 4.79 Å². The lowest BCUT2D eigenvalue weighted by Crippen LogP contribution is -2.10. The summed E-state index contributed by atoms with van der Waals surface area (Å²) < 4.78 is 5.16. The minimum absolute atomic E-state index is 0.161. The van der Waals surface area contributed by atoms with Gasteiger partial charge in [0.05, 0.1) is 6.21 Å². The van der Waals surface area contributed by atoms with Gasteiger partial charge in [0.1, 0.15) is 12.4 Å². The standard InChI is InChI=1S/C16H13Cl2NO4/c17-13-5-6-14(18)12(7-13)9-23-19-8-11-3-1-2-4-15(11)22-10-16(20)21/h1-8H,9-10H2,(H,20,21)/b19-8+. The fourth-order valence-electron chi connectivity index (χ4n) is 1.71. The summed E-state index contributed by atoms with van der Waals surface area (Å²) in [5.74, 6) is -0.647. The first-order valence-electron chi connectivity index (χ1n) is 6.59. The lowest BCUT2D eigenvalue weighted by molar-refractivity contribution is -0.139. The van der Waals surface area contributed by atoms with Crippen molar-refractivity contribution in [3.63, 3.8) is 0 Å². The van der Waals surface area contributed by atoms with Gasteiger partial charge < -0.3 is 14.7 Å². The van der Waals surface area contributed by atoms with Crippen LogP contribution in [0.15, 0.2) is 47.6 Å². The largest absolute Gasteiger partial charge is 0.481 e. The summed E-state index contributed by atoms with van der Waals surface area (Å²) in [6, 6.07) is 12.0. The van der Waals surface area contributed by atoms with Crippen LogP contribution < -0.4 is 4.74 Å². The van der Waals surface area contributed by atoms with Gasteiger partial charge in [-0.2, -0.15) is 0 Å². The van der Waals surface area contributed by atoms with Crippen molar-refractivity contribution in [2.24, 2.45) is 5.16 Å². The summed E-state index contributed by atoms with van der Waals surface area (Å²) >= 11 is 11.9. The van der Waals surface area contributed by atoms with E-state index >= 15 is 0 Å². The van der Waals surface area contributed by atoms with Gasteiger partial charge in [0.25, 0.3) is 0 Å². The van der Waals surface area contributed by atoms with E-state index < -0.39 is 12.6 Å². The van der Waals surface area contributed by atoms with Crippen LogP contribution in [0.4, 0.5) is 0 Å². The van der Waals surface area contributed by atoms with Gasteiger partial charge in [-0.15, -0.1) is 0 Å². The van der Waals surface area contributed by atoms with Crippen LogP contribution in [-0.4, -0.2) is 23.9 Å². The van der Waals surface area contributed by atoms with Gasteiger partial charge in [0.2, 0.25) is 0 Å². The summed E-state index contributed by atoms with van der Waals surface area (Å²) in [6.45, 7) is -0.266. The van der Waals surface area contributed by atoms with Gasteiger partial charge in [0.15, 0.2) is 6.61 Å². The zero-order valence-electron chi connectivity index (χ0n) is 11.9. The van der Waals surface area contributed by atoms with Crippen LogP contribution >= 0.6 is 23.2 Å². The lowest BCUT2D eigenvalue weighted by atomic mass is 10.2. The molecule has 0 aliphatic rings. The first kappa shape index (κ1) is 17.1. The van der Waals surface area contributed by atoms with E-state index in [-0.39, 0.29) is 6.61 Å². The topological polar surface area (TPSA) is 68.1 Å². The average Bonchev–Trinajstić information content (AvgIpc) is 2.53. The summed E-state index contributed by atoms with van der Waals surface area (Å²) in [4.78, 5) is 15.7. The third kappa shape index (κ3) is 5.47. The third-order valence-corrected chi connectivity index (χ3v) is 3.37. The number of para-hydroxylation sites is 1. The minimum Gasteiger partial charge on any atom is -0.481 e. The molecule has 2 rings (SSSR count). The molecule has 0 atom stereocenters. The Morgan fingerprint density at radius 2 is 2.00 bits per heavy atom. The molecular weight excluding hydrogens is 341 g/mol. The zero-order valence-corrected chi connectivity index (χ0v) is 13.4. The van der Waals surface area contributed by atoms with Gasteiger partial charge >= 0.3 is 5.97 Å². The van der Waals surface area contributed by atoms with Gasteiger partial charge in [-0.25, -0.2) is 4.79 Å². The smallest absolute Gasteiger partial charge is 0.341 e. The van der Waals surface area contributed by atoms with Gasteiger partial charge in [-0.05, 0) is 30.3 Å². The van der Waals surface area contributed by atoms with Crippen molar-refractivity contribution < 1.29 is 19.5 Å². The van der Waals surface area contributed by atoms with Gasteiger partial charge in [-0.3, -0.25) is 0 Å². The molecule has 120 valence electrons. The summed E-state index contributed by atoms with van der Waals surface area (Å²) in [7, 11) is 0. The molecule has 0 amide bonds. The van der Waals surface area contributed by atoms with Crippen LogP contribution in [0.5, 0.6) is 5.75 Å². The molecule has 0 unspecified atom stereocenters. The number of carboxylic acids is 1. The number of oxime groups is 1. The van der Waals surface area contributed by atoms with E-state index in [2.05, 4.69) is 5.16 Å². The van der Waals surface area contributed by atoms with Crippen molar-refractivity contribution in [3.05, 3.63) is 63.6 Å². The average molecular weight is 354 g/mol.